The number of hydrogen-bond acceptors (Lipinski definition) is 5. The van der Waals surface area contributed by atoms with Crippen molar-refractivity contribution in [2.75, 3.05) is 7.11 Å². The van der Waals surface area contributed by atoms with E-state index in [0.29, 0.717) is 5.69 Å². The molecule has 0 aliphatic heterocycles. The van der Waals surface area contributed by atoms with Crippen molar-refractivity contribution in [3.63, 3.8) is 0 Å². The Morgan fingerprint density at radius 2 is 2.46 bits per heavy atom. The summed E-state index contributed by atoms with van der Waals surface area (Å²) in [5.41, 5.74) is 1.46. The van der Waals surface area contributed by atoms with Gasteiger partial charge in [-0.05, 0) is 12.1 Å². The van der Waals surface area contributed by atoms with E-state index in [1.54, 1.807) is 18.3 Å². The first-order valence-corrected chi connectivity index (χ1v) is 3.67. The molecule has 0 saturated heterocycles. The van der Waals surface area contributed by atoms with Gasteiger partial charge in [0.1, 0.15) is 13.7 Å². The number of hydrogen-bond donors (Lipinski definition) is 0. The van der Waals surface area contributed by atoms with Crippen molar-refractivity contribution in [2.45, 2.75) is 6.54 Å². The van der Waals surface area contributed by atoms with Gasteiger partial charge in [0, 0.05) is 11.8 Å². The van der Waals surface area contributed by atoms with Gasteiger partial charge in [-0.3, -0.25) is 4.98 Å². The summed E-state index contributed by atoms with van der Waals surface area (Å²) in [5.74, 6) is 0. The van der Waals surface area contributed by atoms with Crippen LogP contribution >= 0.6 is 0 Å². The van der Waals surface area contributed by atoms with Gasteiger partial charge >= 0.3 is 0 Å². The predicted octanol–water partition coefficient (Wildman–Crippen LogP) is 1.33. The van der Waals surface area contributed by atoms with Gasteiger partial charge in [0.2, 0.25) is 0 Å². The fourth-order valence-corrected chi connectivity index (χ4v) is 0.786. The van der Waals surface area contributed by atoms with Crippen LogP contribution in [0.5, 0.6) is 0 Å². The van der Waals surface area contributed by atoms with Crippen LogP contribution in [0.4, 0.5) is 0 Å². The van der Waals surface area contributed by atoms with E-state index in [1.165, 1.54) is 13.3 Å². The Hall–Kier alpha value is -1.78. The maximum Gasteiger partial charge on any atom is 0.123 e. The van der Waals surface area contributed by atoms with Crippen LogP contribution in [0.3, 0.4) is 0 Å². The highest BCUT2D eigenvalue weighted by molar-refractivity contribution is 5.78. The predicted molar refractivity (Wildman–Crippen MR) is 48.3 cm³/mol. The van der Waals surface area contributed by atoms with Crippen LogP contribution in [0.25, 0.3) is 0 Å². The summed E-state index contributed by atoms with van der Waals surface area (Å²) in [5, 5.41) is 6.29. The molecule has 0 spiro atoms. The molecule has 0 aliphatic rings. The molecule has 0 bridgehead atoms. The van der Waals surface area contributed by atoms with Gasteiger partial charge < -0.3 is 4.84 Å². The van der Waals surface area contributed by atoms with E-state index in [1.807, 2.05) is 0 Å². The Bertz CT molecular complexity index is 295. The molecular weight excluding hydrogens is 170 g/mol. The summed E-state index contributed by atoms with van der Waals surface area (Å²) in [7, 11) is 1.47. The van der Waals surface area contributed by atoms with Gasteiger partial charge in [0.25, 0.3) is 0 Å². The van der Waals surface area contributed by atoms with E-state index in [0.717, 1.165) is 5.56 Å². The van der Waals surface area contributed by atoms with Crippen molar-refractivity contribution < 1.29 is 4.84 Å². The SMILES string of the molecule is CON=Cc1ccc(CN=O)nc1. The third-order valence-electron chi connectivity index (χ3n) is 1.38. The van der Waals surface area contributed by atoms with E-state index in [4.69, 9.17) is 0 Å². The van der Waals surface area contributed by atoms with Crippen LogP contribution in [-0.2, 0) is 11.4 Å². The molecule has 0 unspecified atom stereocenters. The van der Waals surface area contributed by atoms with Gasteiger partial charge in [-0.1, -0.05) is 10.3 Å². The smallest absolute Gasteiger partial charge is 0.123 e. The van der Waals surface area contributed by atoms with E-state index in [-0.39, 0.29) is 6.54 Å². The largest absolute Gasteiger partial charge is 0.399 e. The monoisotopic (exact) mass is 179 g/mol. The number of pyridine rings is 1. The molecule has 0 saturated carbocycles. The van der Waals surface area contributed by atoms with Gasteiger partial charge in [-0.25, -0.2) is 0 Å². The fourth-order valence-electron chi connectivity index (χ4n) is 0.786. The molecule has 0 atom stereocenters. The first-order chi connectivity index (χ1) is 6.36. The van der Waals surface area contributed by atoms with Crippen molar-refractivity contribution in [1.82, 2.24) is 4.98 Å². The molecule has 0 N–H and O–H groups in total. The number of nitroso groups, excluding NO2 is 1. The quantitative estimate of drug-likeness (QED) is 0.398. The molecule has 0 radical (unpaired) electrons. The van der Waals surface area contributed by atoms with Gasteiger partial charge in [-0.2, -0.15) is 4.91 Å². The van der Waals surface area contributed by atoms with Crippen molar-refractivity contribution in [2.24, 2.45) is 10.3 Å². The Morgan fingerprint density at radius 3 is 3.00 bits per heavy atom. The lowest BCUT2D eigenvalue weighted by atomic mass is 10.3. The molecule has 1 rings (SSSR count). The second kappa shape index (κ2) is 4.97. The highest BCUT2D eigenvalue weighted by atomic mass is 16.6. The molecular formula is C8H9N3O2. The molecule has 0 aliphatic carbocycles. The zero-order chi connectivity index (χ0) is 9.52. The standard InChI is InChI=1S/C8H9N3O2/c1-13-11-5-7-2-3-8(6-10-12)9-4-7/h2-5H,6H2,1H3. The minimum absolute atomic E-state index is 0.0989. The molecule has 5 heteroatoms. The van der Waals surface area contributed by atoms with E-state index < -0.39 is 0 Å². The fraction of sp³-hybridized carbons (Fsp3) is 0.250. The minimum Gasteiger partial charge on any atom is -0.399 e. The maximum absolute atomic E-state index is 9.89. The summed E-state index contributed by atoms with van der Waals surface area (Å²) in [4.78, 5) is 18.4. The summed E-state index contributed by atoms with van der Waals surface area (Å²) >= 11 is 0. The Labute approximate surface area is 75.4 Å². The number of aromatic nitrogens is 1. The first kappa shape index (κ1) is 9.31. The van der Waals surface area contributed by atoms with Gasteiger partial charge in [-0.15, -0.1) is 0 Å². The molecule has 5 nitrogen and oxygen atoms in total. The zero-order valence-electron chi connectivity index (χ0n) is 7.17. The number of oxime groups is 1. The van der Waals surface area contributed by atoms with Crippen molar-refractivity contribution in [1.29, 1.82) is 0 Å². The third-order valence-corrected chi connectivity index (χ3v) is 1.38. The Kier molecular flexibility index (Phi) is 3.56. The second-order valence-electron chi connectivity index (χ2n) is 2.29. The molecule has 0 fully saturated rings. The van der Waals surface area contributed by atoms with Crippen LogP contribution < -0.4 is 0 Å². The Morgan fingerprint density at radius 1 is 1.62 bits per heavy atom. The van der Waals surface area contributed by atoms with Crippen molar-refractivity contribution in [3.8, 4) is 0 Å². The van der Waals surface area contributed by atoms with Gasteiger partial charge in [0.05, 0.1) is 11.9 Å². The van der Waals surface area contributed by atoms with Crippen molar-refractivity contribution >= 4 is 6.21 Å². The highest BCUT2D eigenvalue weighted by Gasteiger charge is 1.93. The average Bonchev–Trinajstić information content (AvgIpc) is 2.17. The lowest BCUT2D eigenvalue weighted by molar-refractivity contribution is 0.215. The third kappa shape index (κ3) is 2.98. The molecule has 0 aromatic carbocycles. The lowest BCUT2D eigenvalue weighted by Crippen LogP contribution is -1.89. The zero-order valence-corrected chi connectivity index (χ0v) is 7.17. The lowest BCUT2D eigenvalue weighted by Gasteiger charge is -1.94. The van der Waals surface area contributed by atoms with E-state index in [9.17, 15) is 4.91 Å². The average molecular weight is 179 g/mol. The highest BCUT2D eigenvalue weighted by Crippen LogP contribution is 1.99. The molecule has 68 valence electrons. The van der Waals surface area contributed by atoms with Gasteiger partial charge in [0.15, 0.2) is 0 Å². The maximum atomic E-state index is 9.89. The molecule has 1 heterocycles. The number of rotatable bonds is 4. The van der Waals surface area contributed by atoms with Crippen LogP contribution in [0, 0.1) is 4.91 Å². The van der Waals surface area contributed by atoms with Crippen molar-refractivity contribution in [3.05, 3.63) is 34.5 Å². The molecule has 1 aromatic rings. The van der Waals surface area contributed by atoms with Crippen LogP contribution in [-0.4, -0.2) is 18.3 Å². The summed E-state index contributed by atoms with van der Waals surface area (Å²) < 4.78 is 0. The number of nitrogens with zero attached hydrogens (tertiary/aromatic N) is 3. The Balaban J connectivity index is 2.69. The molecule has 1 aromatic heterocycles. The topological polar surface area (TPSA) is 63.9 Å². The van der Waals surface area contributed by atoms with Crippen LogP contribution in [0.2, 0.25) is 0 Å². The van der Waals surface area contributed by atoms with Crippen LogP contribution in [0.1, 0.15) is 11.3 Å². The molecule has 0 amide bonds. The van der Waals surface area contributed by atoms with Crippen LogP contribution in [0.15, 0.2) is 28.7 Å². The summed E-state index contributed by atoms with van der Waals surface area (Å²) in [6, 6.07) is 3.51. The van der Waals surface area contributed by atoms with E-state index in [2.05, 4.69) is 20.2 Å². The van der Waals surface area contributed by atoms with E-state index >= 15 is 0 Å². The normalized spacial score (nSPS) is 10.2. The summed E-state index contributed by atoms with van der Waals surface area (Å²) in [6.45, 7) is 0.0989. The second-order valence-corrected chi connectivity index (χ2v) is 2.29. The first-order valence-electron chi connectivity index (χ1n) is 3.67. The summed E-state index contributed by atoms with van der Waals surface area (Å²) in [6.07, 6.45) is 3.13. The molecule has 13 heavy (non-hydrogen) atoms. The minimum atomic E-state index is 0.0989.